The van der Waals surface area contributed by atoms with Gasteiger partial charge in [0.25, 0.3) is 5.91 Å². The predicted molar refractivity (Wildman–Crippen MR) is 121 cm³/mol. The normalized spacial score (nSPS) is 11.2. The van der Waals surface area contributed by atoms with Crippen molar-refractivity contribution in [1.29, 1.82) is 0 Å². The van der Waals surface area contributed by atoms with Crippen LogP contribution >= 0.6 is 0 Å². The molecule has 2 aromatic carbocycles. The van der Waals surface area contributed by atoms with E-state index in [1.807, 2.05) is 18.7 Å². The molecular weight excluding hydrogens is 344 g/mol. The number of hydrogen-bond acceptors (Lipinski definition) is 2. The van der Waals surface area contributed by atoms with Gasteiger partial charge in [0, 0.05) is 24.3 Å². The highest BCUT2D eigenvalue weighted by Crippen LogP contribution is 2.29. The van der Waals surface area contributed by atoms with Gasteiger partial charge in [0.2, 0.25) is 0 Å². The van der Waals surface area contributed by atoms with Crippen molar-refractivity contribution in [3.05, 3.63) is 63.2 Å². The van der Waals surface area contributed by atoms with E-state index in [0.717, 1.165) is 53.1 Å². The first kappa shape index (κ1) is 22.2. The summed E-state index contributed by atoms with van der Waals surface area (Å²) in [5.74, 6) is 0.109. The van der Waals surface area contributed by atoms with Crippen molar-refractivity contribution < 1.29 is 4.79 Å². The topological polar surface area (TPSA) is 23.6 Å². The van der Waals surface area contributed by atoms with Gasteiger partial charge in [0.05, 0.1) is 0 Å². The van der Waals surface area contributed by atoms with E-state index in [4.69, 9.17) is 0 Å². The summed E-state index contributed by atoms with van der Waals surface area (Å²) in [5.41, 5.74) is 8.75. The molecule has 0 radical (unpaired) electrons. The quantitative estimate of drug-likeness (QED) is 0.631. The molecule has 0 bridgehead atoms. The van der Waals surface area contributed by atoms with Gasteiger partial charge in [-0.2, -0.15) is 0 Å². The average molecular weight is 381 g/mol. The molecule has 28 heavy (non-hydrogen) atoms. The minimum absolute atomic E-state index is 0.109. The Labute approximate surface area is 171 Å². The van der Waals surface area contributed by atoms with Crippen molar-refractivity contribution in [1.82, 2.24) is 4.90 Å². The number of amides is 1. The molecule has 152 valence electrons. The zero-order valence-corrected chi connectivity index (χ0v) is 18.9. The van der Waals surface area contributed by atoms with Crippen LogP contribution in [0.2, 0.25) is 0 Å². The zero-order chi connectivity index (χ0) is 21.0. The van der Waals surface area contributed by atoms with Crippen LogP contribution in [0.5, 0.6) is 0 Å². The first-order valence-electron chi connectivity index (χ1n) is 10.4. The maximum Gasteiger partial charge on any atom is 0.258 e. The molecular formula is C25H36N2O. The Kier molecular flexibility index (Phi) is 7.42. The number of hydrogen-bond donors (Lipinski definition) is 0. The highest BCUT2D eigenvalue weighted by atomic mass is 16.2. The summed E-state index contributed by atoms with van der Waals surface area (Å²) in [5, 5.41) is 0. The third kappa shape index (κ3) is 4.82. The van der Waals surface area contributed by atoms with E-state index in [-0.39, 0.29) is 5.91 Å². The lowest BCUT2D eigenvalue weighted by molar-refractivity contribution is 0.0982. The third-order valence-corrected chi connectivity index (χ3v) is 5.58. The Morgan fingerprint density at radius 3 is 1.57 bits per heavy atom. The van der Waals surface area contributed by atoms with E-state index < -0.39 is 0 Å². The fourth-order valence-corrected chi connectivity index (χ4v) is 4.35. The van der Waals surface area contributed by atoms with E-state index in [1.54, 1.807) is 0 Å². The summed E-state index contributed by atoms with van der Waals surface area (Å²) in [6.45, 7) is 20.4. The Bertz CT molecular complexity index is 804. The lowest BCUT2D eigenvalue weighted by Crippen LogP contribution is -2.40. The molecule has 0 saturated heterocycles. The third-order valence-electron chi connectivity index (χ3n) is 5.58. The molecule has 0 saturated carbocycles. The van der Waals surface area contributed by atoms with Gasteiger partial charge in [-0.15, -0.1) is 0 Å². The number of likely N-dealkylation sites (N-methyl/N-ethyl adjacent to an activating group) is 1. The van der Waals surface area contributed by atoms with Crippen molar-refractivity contribution in [3.63, 3.8) is 0 Å². The van der Waals surface area contributed by atoms with Crippen LogP contribution in [0.3, 0.4) is 0 Å². The zero-order valence-electron chi connectivity index (χ0n) is 18.9. The molecule has 0 fully saturated rings. The average Bonchev–Trinajstić information content (AvgIpc) is 2.59. The van der Waals surface area contributed by atoms with Gasteiger partial charge >= 0.3 is 0 Å². The van der Waals surface area contributed by atoms with Crippen LogP contribution in [0.15, 0.2) is 24.3 Å². The minimum Gasteiger partial charge on any atom is -0.307 e. The van der Waals surface area contributed by atoms with Crippen LogP contribution in [0.4, 0.5) is 5.69 Å². The van der Waals surface area contributed by atoms with Gasteiger partial charge in [-0.1, -0.05) is 49.2 Å². The molecule has 0 atom stereocenters. The SMILES string of the molecule is CCN(CC)CCN(C(=O)c1c(C)cc(C)cc1C)c1c(C)cc(C)cc1C. The van der Waals surface area contributed by atoms with E-state index in [2.05, 4.69) is 70.7 Å². The van der Waals surface area contributed by atoms with Gasteiger partial charge in [-0.3, -0.25) is 4.79 Å². The van der Waals surface area contributed by atoms with Crippen molar-refractivity contribution in [2.24, 2.45) is 0 Å². The number of anilines is 1. The van der Waals surface area contributed by atoms with Gasteiger partial charge in [0.1, 0.15) is 0 Å². The first-order valence-corrected chi connectivity index (χ1v) is 10.4. The molecule has 0 aromatic heterocycles. The predicted octanol–water partition coefficient (Wildman–Crippen LogP) is 5.53. The van der Waals surface area contributed by atoms with E-state index >= 15 is 0 Å². The molecule has 0 unspecified atom stereocenters. The van der Waals surface area contributed by atoms with Crippen molar-refractivity contribution in [3.8, 4) is 0 Å². The Hall–Kier alpha value is -2.13. The maximum atomic E-state index is 13.8. The second kappa shape index (κ2) is 9.38. The summed E-state index contributed by atoms with van der Waals surface area (Å²) >= 11 is 0. The van der Waals surface area contributed by atoms with E-state index in [1.165, 1.54) is 11.1 Å². The van der Waals surface area contributed by atoms with Crippen molar-refractivity contribution in [2.75, 3.05) is 31.1 Å². The molecule has 0 aliphatic carbocycles. The second-order valence-electron chi connectivity index (χ2n) is 8.00. The highest BCUT2D eigenvalue weighted by molar-refractivity contribution is 6.08. The molecule has 1 amide bonds. The molecule has 0 aliphatic heterocycles. The summed E-state index contributed by atoms with van der Waals surface area (Å²) in [4.78, 5) is 18.2. The van der Waals surface area contributed by atoms with Crippen LogP contribution in [0.25, 0.3) is 0 Å². The largest absolute Gasteiger partial charge is 0.307 e. The van der Waals surface area contributed by atoms with E-state index in [9.17, 15) is 4.79 Å². The summed E-state index contributed by atoms with van der Waals surface area (Å²) < 4.78 is 0. The highest BCUT2D eigenvalue weighted by Gasteiger charge is 2.24. The minimum atomic E-state index is 0.109. The fourth-order valence-electron chi connectivity index (χ4n) is 4.35. The number of carbonyl (C=O) groups is 1. The number of aryl methyl sites for hydroxylation is 6. The standard InChI is InChI=1S/C25H36N2O/c1-9-26(10-2)11-12-27(24-21(7)15-18(4)16-22(24)8)25(28)23-19(5)13-17(3)14-20(23)6/h13-16H,9-12H2,1-8H3. The summed E-state index contributed by atoms with van der Waals surface area (Å²) in [6.07, 6.45) is 0. The first-order chi connectivity index (χ1) is 13.2. The molecule has 2 aromatic rings. The molecule has 0 heterocycles. The Balaban J connectivity index is 2.54. The Morgan fingerprint density at radius 1 is 0.714 bits per heavy atom. The van der Waals surface area contributed by atoms with Crippen LogP contribution in [0, 0.1) is 41.5 Å². The molecule has 3 heteroatoms. The molecule has 0 N–H and O–H groups in total. The van der Waals surface area contributed by atoms with Gasteiger partial charge in [-0.05, 0) is 76.9 Å². The van der Waals surface area contributed by atoms with Gasteiger partial charge in [0.15, 0.2) is 0 Å². The molecule has 2 rings (SSSR count). The fraction of sp³-hybridized carbons (Fsp3) is 0.480. The molecule has 3 nitrogen and oxygen atoms in total. The lowest BCUT2D eigenvalue weighted by atomic mass is 9.97. The molecule has 0 spiro atoms. The van der Waals surface area contributed by atoms with Crippen LogP contribution < -0.4 is 4.90 Å². The van der Waals surface area contributed by atoms with Crippen LogP contribution in [-0.4, -0.2) is 37.0 Å². The Morgan fingerprint density at radius 2 is 1.14 bits per heavy atom. The lowest BCUT2D eigenvalue weighted by Gasteiger charge is -2.30. The van der Waals surface area contributed by atoms with Crippen molar-refractivity contribution >= 4 is 11.6 Å². The van der Waals surface area contributed by atoms with Crippen molar-refractivity contribution in [2.45, 2.75) is 55.4 Å². The van der Waals surface area contributed by atoms with Crippen LogP contribution in [-0.2, 0) is 0 Å². The number of carbonyl (C=O) groups excluding carboxylic acids is 1. The van der Waals surface area contributed by atoms with Crippen LogP contribution in [0.1, 0.15) is 57.6 Å². The summed E-state index contributed by atoms with van der Waals surface area (Å²) in [6, 6.07) is 8.57. The van der Waals surface area contributed by atoms with E-state index in [0.29, 0.717) is 6.54 Å². The number of rotatable bonds is 7. The monoisotopic (exact) mass is 380 g/mol. The number of nitrogens with zero attached hydrogens (tertiary/aromatic N) is 2. The van der Waals surface area contributed by atoms with Gasteiger partial charge in [-0.25, -0.2) is 0 Å². The smallest absolute Gasteiger partial charge is 0.258 e. The second-order valence-corrected chi connectivity index (χ2v) is 8.00. The molecule has 0 aliphatic rings. The maximum absolute atomic E-state index is 13.8. The number of benzene rings is 2. The van der Waals surface area contributed by atoms with Gasteiger partial charge < -0.3 is 9.80 Å². The summed E-state index contributed by atoms with van der Waals surface area (Å²) in [7, 11) is 0.